The van der Waals surface area contributed by atoms with E-state index in [-0.39, 0.29) is 12.3 Å². The highest BCUT2D eigenvalue weighted by Gasteiger charge is 2.22. The Hall–Kier alpha value is -2.14. The zero-order valence-corrected chi connectivity index (χ0v) is 13.4. The summed E-state index contributed by atoms with van der Waals surface area (Å²) in [5, 5.41) is 15.9. The zero-order chi connectivity index (χ0) is 16.1. The van der Waals surface area contributed by atoms with E-state index in [1.807, 2.05) is 42.8 Å². The molecule has 0 aliphatic heterocycles. The Labute approximate surface area is 133 Å². The van der Waals surface area contributed by atoms with Gasteiger partial charge in [-0.15, -0.1) is 0 Å². The van der Waals surface area contributed by atoms with Crippen molar-refractivity contribution in [1.82, 2.24) is 5.32 Å². The third-order valence-electron chi connectivity index (χ3n) is 3.64. The molecule has 22 heavy (non-hydrogen) atoms. The predicted molar refractivity (Wildman–Crippen MR) is 87.1 cm³/mol. The molecular formula is C17H19NO3S. The molecule has 116 valence electrons. The smallest absolute Gasteiger partial charge is 0.330 e. The van der Waals surface area contributed by atoms with Crippen LogP contribution in [0, 0.1) is 13.8 Å². The molecule has 1 amide bonds. The van der Waals surface area contributed by atoms with Crippen LogP contribution in [0.3, 0.4) is 0 Å². The summed E-state index contributed by atoms with van der Waals surface area (Å²) in [5.41, 5.74) is 3.80. The molecule has 0 aliphatic rings. The Kier molecular flexibility index (Phi) is 5.33. The van der Waals surface area contributed by atoms with Crippen LogP contribution >= 0.6 is 11.3 Å². The Bertz CT molecular complexity index is 665. The van der Waals surface area contributed by atoms with E-state index in [2.05, 4.69) is 5.32 Å². The highest BCUT2D eigenvalue weighted by molar-refractivity contribution is 7.07. The summed E-state index contributed by atoms with van der Waals surface area (Å²) in [5.74, 6) is -1.30. The summed E-state index contributed by atoms with van der Waals surface area (Å²) in [6.07, 6.45) is 0.903. The molecule has 5 heteroatoms. The minimum Gasteiger partial charge on any atom is -0.479 e. The van der Waals surface area contributed by atoms with Crippen molar-refractivity contribution >= 4 is 23.2 Å². The van der Waals surface area contributed by atoms with E-state index in [1.54, 1.807) is 17.4 Å². The van der Waals surface area contributed by atoms with Crippen molar-refractivity contribution in [2.45, 2.75) is 32.7 Å². The monoisotopic (exact) mass is 317 g/mol. The maximum Gasteiger partial charge on any atom is 0.330 e. The van der Waals surface area contributed by atoms with E-state index < -0.39 is 12.0 Å². The van der Waals surface area contributed by atoms with Gasteiger partial charge < -0.3 is 10.4 Å². The number of thiophene rings is 1. The third kappa shape index (κ3) is 4.18. The van der Waals surface area contributed by atoms with Gasteiger partial charge in [-0.25, -0.2) is 4.79 Å². The lowest BCUT2D eigenvalue weighted by molar-refractivity contribution is -0.142. The lowest BCUT2D eigenvalue weighted by atomic mass is 10.0. The fraction of sp³-hybridized carbons (Fsp3) is 0.294. The number of carboxylic acids is 1. The van der Waals surface area contributed by atoms with Gasteiger partial charge in [0.1, 0.15) is 0 Å². The lowest BCUT2D eigenvalue weighted by Crippen LogP contribution is -2.33. The molecule has 0 saturated carbocycles. The summed E-state index contributed by atoms with van der Waals surface area (Å²) in [7, 11) is 0. The van der Waals surface area contributed by atoms with Crippen LogP contribution in [-0.4, -0.2) is 17.0 Å². The number of nitrogens with one attached hydrogen (secondary N) is 1. The van der Waals surface area contributed by atoms with Crippen LogP contribution in [-0.2, 0) is 16.0 Å². The number of benzene rings is 1. The fourth-order valence-electron chi connectivity index (χ4n) is 2.16. The van der Waals surface area contributed by atoms with Crippen molar-refractivity contribution in [3.63, 3.8) is 0 Å². The predicted octanol–water partition coefficient (Wildman–Crippen LogP) is 3.24. The van der Waals surface area contributed by atoms with Crippen LogP contribution in [0.25, 0.3) is 0 Å². The van der Waals surface area contributed by atoms with E-state index in [1.165, 1.54) is 0 Å². The summed E-state index contributed by atoms with van der Waals surface area (Å²) in [6.45, 7) is 3.89. The Balaban J connectivity index is 2.03. The van der Waals surface area contributed by atoms with Crippen molar-refractivity contribution < 1.29 is 14.7 Å². The molecule has 1 heterocycles. The Morgan fingerprint density at radius 2 is 2.00 bits per heavy atom. The van der Waals surface area contributed by atoms with Crippen molar-refractivity contribution in [1.29, 1.82) is 0 Å². The van der Waals surface area contributed by atoms with Crippen molar-refractivity contribution in [3.8, 4) is 0 Å². The van der Waals surface area contributed by atoms with Gasteiger partial charge in [0, 0.05) is 6.42 Å². The van der Waals surface area contributed by atoms with Crippen molar-refractivity contribution in [3.05, 3.63) is 57.3 Å². The summed E-state index contributed by atoms with van der Waals surface area (Å²) in [6, 6.07) is 6.40. The molecule has 0 radical (unpaired) electrons. The number of aliphatic carboxylic acids is 1. The molecule has 2 N–H and O–H groups in total. The molecule has 2 aromatic rings. The minimum atomic E-state index is -1.05. The Morgan fingerprint density at radius 3 is 2.59 bits per heavy atom. The molecule has 1 aromatic carbocycles. The second-order valence-electron chi connectivity index (χ2n) is 5.31. The quantitative estimate of drug-likeness (QED) is 0.859. The average molecular weight is 317 g/mol. The van der Waals surface area contributed by atoms with E-state index in [9.17, 15) is 14.7 Å². The molecule has 0 fully saturated rings. The number of hydrogen-bond acceptors (Lipinski definition) is 3. The van der Waals surface area contributed by atoms with Crippen molar-refractivity contribution in [2.75, 3.05) is 0 Å². The van der Waals surface area contributed by atoms with Gasteiger partial charge in [-0.05, 0) is 59.3 Å². The lowest BCUT2D eigenvalue weighted by Gasteiger charge is -2.16. The van der Waals surface area contributed by atoms with Crippen LogP contribution in [0.4, 0.5) is 0 Å². The maximum atomic E-state index is 12.0. The van der Waals surface area contributed by atoms with E-state index in [0.29, 0.717) is 12.0 Å². The van der Waals surface area contributed by atoms with Crippen LogP contribution < -0.4 is 5.32 Å². The number of carboxylic acid groups (broad SMARTS) is 1. The van der Waals surface area contributed by atoms with E-state index in [4.69, 9.17) is 0 Å². The molecule has 2 rings (SSSR count). The third-order valence-corrected chi connectivity index (χ3v) is 4.37. The van der Waals surface area contributed by atoms with Crippen molar-refractivity contribution in [2.24, 2.45) is 0 Å². The first kappa shape index (κ1) is 16.2. The molecule has 1 unspecified atom stereocenters. The SMILES string of the molecule is Cc1ccc(C(NC(=O)CCc2ccsc2)C(=O)O)cc1C. The first-order valence-electron chi connectivity index (χ1n) is 7.08. The largest absolute Gasteiger partial charge is 0.479 e. The first-order chi connectivity index (χ1) is 10.5. The second-order valence-corrected chi connectivity index (χ2v) is 6.09. The van der Waals surface area contributed by atoms with Gasteiger partial charge >= 0.3 is 5.97 Å². The zero-order valence-electron chi connectivity index (χ0n) is 12.6. The van der Waals surface area contributed by atoms with Gasteiger partial charge in [0.15, 0.2) is 6.04 Å². The van der Waals surface area contributed by atoms with Gasteiger partial charge in [-0.3, -0.25) is 4.79 Å². The highest BCUT2D eigenvalue weighted by atomic mass is 32.1. The molecule has 0 aliphatic carbocycles. The summed E-state index contributed by atoms with van der Waals surface area (Å²) >= 11 is 1.58. The molecule has 0 saturated heterocycles. The Morgan fingerprint density at radius 1 is 1.23 bits per heavy atom. The number of carbonyl (C=O) groups is 2. The van der Waals surface area contributed by atoms with Crippen LogP contribution in [0.15, 0.2) is 35.0 Å². The number of carbonyl (C=O) groups excluding carboxylic acids is 1. The molecular weight excluding hydrogens is 298 g/mol. The summed E-state index contributed by atoms with van der Waals surface area (Å²) < 4.78 is 0. The summed E-state index contributed by atoms with van der Waals surface area (Å²) in [4.78, 5) is 23.5. The highest BCUT2D eigenvalue weighted by Crippen LogP contribution is 2.18. The minimum absolute atomic E-state index is 0.253. The van der Waals surface area contributed by atoms with Gasteiger partial charge in [0.25, 0.3) is 0 Å². The number of amides is 1. The number of aryl methyl sites for hydroxylation is 3. The average Bonchev–Trinajstić information content (AvgIpc) is 2.98. The van der Waals surface area contributed by atoms with E-state index >= 15 is 0 Å². The maximum absolute atomic E-state index is 12.0. The first-order valence-corrected chi connectivity index (χ1v) is 8.02. The molecule has 0 bridgehead atoms. The van der Waals surface area contributed by atoms with Gasteiger partial charge in [0.05, 0.1) is 0 Å². The topological polar surface area (TPSA) is 66.4 Å². The van der Waals surface area contributed by atoms with Gasteiger partial charge in [-0.2, -0.15) is 11.3 Å². The van der Waals surface area contributed by atoms with Crippen LogP contribution in [0.1, 0.15) is 34.7 Å². The normalized spacial score (nSPS) is 11.9. The van der Waals surface area contributed by atoms with Gasteiger partial charge in [0.2, 0.25) is 5.91 Å². The van der Waals surface area contributed by atoms with E-state index in [0.717, 1.165) is 16.7 Å². The second kappa shape index (κ2) is 7.22. The van der Waals surface area contributed by atoms with Gasteiger partial charge in [-0.1, -0.05) is 18.2 Å². The molecule has 1 aromatic heterocycles. The van der Waals surface area contributed by atoms with Crippen LogP contribution in [0.5, 0.6) is 0 Å². The standard InChI is InChI=1S/C17H19NO3S/c1-11-3-5-14(9-12(11)2)16(17(20)21)18-15(19)6-4-13-7-8-22-10-13/h3,5,7-10,16H,4,6H2,1-2H3,(H,18,19)(H,20,21). The number of rotatable bonds is 6. The number of hydrogen-bond donors (Lipinski definition) is 2. The fourth-order valence-corrected chi connectivity index (χ4v) is 2.86. The molecule has 0 spiro atoms. The van der Waals surface area contributed by atoms with Crippen LogP contribution in [0.2, 0.25) is 0 Å². The molecule has 4 nitrogen and oxygen atoms in total. The molecule has 1 atom stereocenters.